The average Bonchev–Trinajstić information content (AvgIpc) is 2.78. The number of nitrogens with two attached hydrogens (primary N) is 1. The molecule has 1 aliphatic carbocycles. The first-order valence-corrected chi connectivity index (χ1v) is 6.44. The van der Waals surface area contributed by atoms with Crippen molar-refractivity contribution in [2.45, 2.75) is 32.6 Å². The molecule has 0 aliphatic heterocycles. The van der Waals surface area contributed by atoms with Crippen LogP contribution in [-0.2, 0) is 0 Å². The molecule has 104 valence electrons. The van der Waals surface area contributed by atoms with E-state index in [1.54, 1.807) is 0 Å². The van der Waals surface area contributed by atoms with Crippen LogP contribution in [0.3, 0.4) is 0 Å². The van der Waals surface area contributed by atoms with Gasteiger partial charge in [-0.15, -0.1) is 0 Å². The number of hydrogen-bond acceptors (Lipinski definition) is 2. The molecule has 0 spiro atoms. The van der Waals surface area contributed by atoms with Gasteiger partial charge in [0.15, 0.2) is 5.82 Å². The zero-order valence-electron chi connectivity index (χ0n) is 10.9. The van der Waals surface area contributed by atoms with Crippen LogP contribution >= 0.6 is 0 Å². The molecule has 19 heavy (non-hydrogen) atoms. The molecule has 1 aromatic carbocycles. The highest BCUT2D eigenvalue weighted by Crippen LogP contribution is 2.36. The number of halogens is 2. The maximum absolute atomic E-state index is 13.7. The zero-order chi connectivity index (χ0) is 14.0. The molecule has 0 unspecified atom stereocenters. The molecule has 1 saturated carbocycles. The molecule has 0 heterocycles. The van der Waals surface area contributed by atoms with E-state index in [-0.39, 0.29) is 16.7 Å². The monoisotopic (exact) mass is 268 g/mol. The van der Waals surface area contributed by atoms with Gasteiger partial charge >= 0.3 is 0 Å². The molecule has 1 fully saturated rings. The summed E-state index contributed by atoms with van der Waals surface area (Å²) in [4.78, 5) is 11.9. The van der Waals surface area contributed by atoms with Crippen LogP contribution in [0.15, 0.2) is 12.1 Å². The van der Waals surface area contributed by atoms with Crippen molar-refractivity contribution in [2.24, 2.45) is 5.41 Å². The summed E-state index contributed by atoms with van der Waals surface area (Å²) in [6.45, 7) is 2.57. The van der Waals surface area contributed by atoms with Crippen molar-refractivity contribution in [1.29, 1.82) is 0 Å². The second-order valence-corrected chi connectivity index (χ2v) is 5.56. The van der Waals surface area contributed by atoms with Crippen molar-refractivity contribution >= 4 is 11.6 Å². The van der Waals surface area contributed by atoms with E-state index in [2.05, 4.69) is 12.2 Å². The molecule has 1 aromatic rings. The van der Waals surface area contributed by atoms with Crippen LogP contribution in [0.2, 0.25) is 0 Å². The lowest BCUT2D eigenvalue weighted by Gasteiger charge is -2.23. The van der Waals surface area contributed by atoms with E-state index in [4.69, 9.17) is 5.73 Å². The summed E-state index contributed by atoms with van der Waals surface area (Å²) in [7, 11) is 0. The van der Waals surface area contributed by atoms with Crippen molar-refractivity contribution in [2.75, 3.05) is 12.3 Å². The second-order valence-electron chi connectivity index (χ2n) is 5.56. The van der Waals surface area contributed by atoms with Crippen molar-refractivity contribution in [3.05, 3.63) is 29.3 Å². The van der Waals surface area contributed by atoms with Gasteiger partial charge in [-0.3, -0.25) is 4.79 Å². The molecule has 0 atom stereocenters. The van der Waals surface area contributed by atoms with E-state index in [9.17, 15) is 13.6 Å². The van der Waals surface area contributed by atoms with Crippen LogP contribution in [0, 0.1) is 17.0 Å². The van der Waals surface area contributed by atoms with Crippen molar-refractivity contribution in [1.82, 2.24) is 5.32 Å². The van der Waals surface area contributed by atoms with Gasteiger partial charge in [0.2, 0.25) is 0 Å². The fourth-order valence-corrected chi connectivity index (χ4v) is 2.57. The zero-order valence-corrected chi connectivity index (χ0v) is 10.9. The van der Waals surface area contributed by atoms with Crippen LogP contribution in [0.1, 0.15) is 43.0 Å². The lowest BCUT2D eigenvalue weighted by molar-refractivity contribution is 0.0930. The first-order valence-electron chi connectivity index (χ1n) is 6.44. The molecular formula is C14H18F2N2O. The largest absolute Gasteiger partial charge is 0.396 e. The number of anilines is 1. The molecule has 0 saturated heterocycles. The highest BCUT2D eigenvalue weighted by Gasteiger charge is 2.29. The van der Waals surface area contributed by atoms with Crippen molar-refractivity contribution in [3.8, 4) is 0 Å². The first-order chi connectivity index (χ1) is 8.91. The van der Waals surface area contributed by atoms with Gasteiger partial charge in [-0.05, 0) is 30.4 Å². The van der Waals surface area contributed by atoms with Gasteiger partial charge in [-0.2, -0.15) is 0 Å². The summed E-state index contributed by atoms with van der Waals surface area (Å²) < 4.78 is 26.8. The minimum atomic E-state index is -0.865. The smallest absolute Gasteiger partial charge is 0.254 e. The third-order valence-electron chi connectivity index (χ3n) is 3.80. The van der Waals surface area contributed by atoms with E-state index in [0.717, 1.165) is 37.8 Å². The molecule has 0 radical (unpaired) electrons. The standard InChI is InChI=1S/C14H18F2N2O/c1-14(4-2-3-5-14)8-18-13(19)10-6-9(15)7-11(17)12(10)16/h6-7H,2-5,8,17H2,1H3,(H,18,19). The van der Waals surface area contributed by atoms with Gasteiger partial charge in [0.1, 0.15) is 5.82 Å². The molecule has 0 aromatic heterocycles. The number of rotatable bonds is 3. The van der Waals surface area contributed by atoms with E-state index in [1.807, 2.05) is 0 Å². The maximum Gasteiger partial charge on any atom is 0.254 e. The molecule has 1 amide bonds. The van der Waals surface area contributed by atoms with Crippen LogP contribution < -0.4 is 11.1 Å². The van der Waals surface area contributed by atoms with Crippen LogP contribution in [-0.4, -0.2) is 12.5 Å². The number of benzene rings is 1. The summed E-state index contributed by atoms with van der Waals surface area (Å²) in [5, 5.41) is 2.68. The predicted molar refractivity (Wildman–Crippen MR) is 69.7 cm³/mol. The molecule has 3 N–H and O–H groups in total. The fourth-order valence-electron chi connectivity index (χ4n) is 2.57. The highest BCUT2D eigenvalue weighted by molar-refractivity contribution is 5.95. The van der Waals surface area contributed by atoms with E-state index in [0.29, 0.717) is 6.54 Å². The summed E-state index contributed by atoms with van der Waals surface area (Å²) >= 11 is 0. The lowest BCUT2D eigenvalue weighted by Crippen LogP contribution is -2.34. The molecule has 3 nitrogen and oxygen atoms in total. The Morgan fingerprint density at radius 2 is 2.00 bits per heavy atom. The fraction of sp³-hybridized carbons (Fsp3) is 0.500. The highest BCUT2D eigenvalue weighted by atomic mass is 19.1. The Morgan fingerprint density at radius 3 is 2.63 bits per heavy atom. The first kappa shape index (κ1) is 13.8. The Bertz CT molecular complexity index is 496. The Hall–Kier alpha value is -1.65. The molecule has 2 rings (SSSR count). The second kappa shape index (κ2) is 5.15. The van der Waals surface area contributed by atoms with Gasteiger partial charge in [0, 0.05) is 6.54 Å². The molecule has 5 heteroatoms. The third kappa shape index (κ3) is 3.03. The number of amides is 1. The Labute approximate surface area is 111 Å². The number of carbonyl (C=O) groups is 1. The quantitative estimate of drug-likeness (QED) is 0.828. The summed E-state index contributed by atoms with van der Waals surface area (Å²) in [6.07, 6.45) is 4.38. The number of carbonyl (C=O) groups excluding carboxylic acids is 1. The van der Waals surface area contributed by atoms with E-state index in [1.165, 1.54) is 0 Å². The lowest BCUT2D eigenvalue weighted by atomic mass is 9.89. The van der Waals surface area contributed by atoms with Gasteiger partial charge in [-0.1, -0.05) is 19.8 Å². The van der Waals surface area contributed by atoms with Crippen LogP contribution in [0.25, 0.3) is 0 Å². The summed E-state index contributed by atoms with van der Waals surface area (Å²) in [6, 6.07) is 1.74. The Balaban J connectivity index is 2.08. The minimum absolute atomic E-state index is 0.0605. The molecular weight excluding hydrogens is 250 g/mol. The molecule has 1 aliphatic rings. The number of nitrogen functional groups attached to an aromatic ring is 1. The SMILES string of the molecule is CC1(CNC(=O)c2cc(F)cc(N)c2F)CCCC1. The van der Waals surface area contributed by atoms with Gasteiger partial charge in [-0.25, -0.2) is 8.78 Å². The van der Waals surface area contributed by atoms with E-state index < -0.39 is 17.5 Å². The predicted octanol–water partition coefficient (Wildman–Crippen LogP) is 2.86. The van der Waals surface area contributed by atoms with Crippen LogP contribution in [0.5, 0.6) is 0 Å². The minimum Gasteiger partial charge on any atom is -0.396 e. The summed E-state index contributed by atoms with van der Waals surface area (Å²) in [5.74, 6) is -2.19. The van der Waals surface area contributed by atoms with Gasteiger partial charge in [0.25, 0.3) is 5.91 Å². The number of nitrogens with one attached hydrogen (secondary N) is 1. The Kier molecular flexibility index (Phi) is 3.73. The van der Waals surface area contributed by atoms with Gasteiger partial charge in [0.05, 0.1) is 11.3 Å². The van der Waals surface area contributed by atoms with E-state index >= 15 is 0 Å². The molecule has 0 bridgehead atoms. The van der Waals surface area contributed by atoms with Crippen LogP contribution in [0.4, 0.5) is 14.5 Å². The number of hydrogen-bond donors (Lipinski definition) is 2. The Morgan fingerprint density at radius 1 is 1.37 bits per heavy atom. The topological polar surface area (TPSA) is 55.1 Å². The maximum atomic E-state index is 13.7. The third-order valence-corrected chi connectivity index (χ3v) is 3.80. The van der Waals surface area contributed by atoms with Gasteiger partial charge < -0.3 is 11.1 Å². The normalized spacial score (nSPS) is 17.4. The summed E-state index contributed by atoms with van der Waals surface area (Å²) in [5.41, 5.74) is 4.69. The van der Waals surface area contributed by atoms with Crippen molar-refractivity contribution in [3.63, 3.8) is 0 Å². The van der Waals surface area contributed by atoms with Crippen molar-refractivity contribution < 1.29 is 13.6 Å². The average molecular weight is 268 g/mol.